The Kier molecular flexibility index (Phi) is 4.80. The quantitative estimate of drug-likeness (QED) is 0.651. The summed E-state index contributed by atoms with van der Waals surface area (Å²) in [6, 6.07) is 11.7. The minimum Gasteiger partial charge on any atom is -0.497 e. The molecule has 2 rings (SSSR count). The molecule has 3 N–H and O–H groups in total. The maximum absolute atomic E-state index is 5.84. The van der Waals surface area contributed by atoms with Gasteiger partial charge < -0.3 is 15.8 Å². The van der Waals surface area contributed by atoms with Crippen LogP contribution in [0.2, 0.25) is 0 Å². The van der Waals surface area contributed by atoms with Crippen LogP contribution < -0.4 is 15.8 Å². The molecule has 0 aliphatic carbocycles. The van der Waals surface area contributed by atoms with Gasteiger partial charge in [-0.25, -0.2) is 0 Å². The van der Waals surface area contributed by atoms with Crippen molar-refractivity contribution in [3.05, 3.63) is 46.7 Å². The molecule has 0 radical (unpaired) electrons. The fourth-order valence-electron chi connectivity index (χ4n) is 1.63. The lowest BCUT2D eigenvalue weighted by molar-refractivity contribution is 0.415. The minimum absolute atomic E-state index is 0.421. The molecular weight excluding hydrogens is 258 g/mol. The third-order valence-electron chi connectivity index (χ3n) is 2.56. The molecule has 0 fully saturated rings. The molecular formula is C14H17N3OS. The van der Waals surface area contributed by atoms with Crippen molar-refractivity contribution in [3.63, 3.8) is 0 Å². The summed E-state index contributed by atoms with van der Waals surface area (Å²) in [5.41, 5.74) is 6.71. The van der Waals surface area contributed by atoms with Crippen molar-refractivity contribution in [3.8, 4) is 5.75 Å². The minimum atomic E-state index is 0.421. The Balaban J connectivity index is 1.87. The molecule has 1 aromatic heterocycles. The SMILES string of the molecule is COc1cccc(NC(N)=NCCc2cccs2)c1. The molecule has 2 aromatic rings. The third kappa shape index (κ3) is 4.30. The van der Waals surface area contributed by atoms with Gasteiger partial charge in [0.05, 0.1) is 7.11 Å². The van der Waals surface area contributed by atoms with Gasteiger partial charge in [0.2, 0.25) is 0 Å². The predicted molar refractivity (Wildman–Crippen MR) is 81.1 cm³/mol. The maximum atomic E-state index is 5.84. The van der Waals surface area contributed by atoms with Crippen molar-refractivity contribution < 1.29 is 4.74 Å². The van der Waals surface area contributed by atoms with E-state index in [1.165, 1.54) is 4.88 Å². The molecule has 0 atom stereocenters. The van der Waals surface area contributed by atoms with Crippen LogP contribution in [-0.4, -0.2) is 19.6 Å². The summed E-state index contributed by atoms with van der Waals surface area (Å²) >= 11 is 1.74. The number of anilines is 1. The zero-order chi connectivity index (χ0) is 13.5. The van der Waals surface area contributed by atoms with Crippen LogP contribution in [0.4, 0.5) is 5.69 Å². The topological polar surface area (TPSA) is 59.6 Å². The third-order valence-corrected chi connectivity index (χ3v) is 3.50. The second-order valence-electron chi connectivity index (χ2n) is 3.95. The number of nitrogens with two attached hydrogens (primary N) is 1. The molecule has 19 heavy (non-hydrogen) atoms. The van der Waals surface area contributed by atoms with Gasteiger partial charge in [-0.2, -0.15) is 0 Å². The Morgan fingerprint density at radius 1 is 1.37 bits per heavy atom. The van der Waals surface area contributed by atoms with E-state index < -0.39 is 0 Å². The normalized spacial score (nSPS) is 11.3. The molecule has 0 aliphatic rings. The predicted octanol–water partition coefficient (Wildman–Crippen LogP) is 2.73. The number of hydrogen-bond donors (Lipinski definition) is 2. The zero-order valence-electron chi connectivity index (χ0n) is 10.8. The van der Waals surface area contributed by atoms with E-state index in [9.17, 15) is 0 Å². The van der Waals surface area contributed by atoms with E-state index in [1.807, 2.05) is 30.3 Å². The van der Waals surface area contributed by atoms with E-state index in [4.69, 9.17) is 10.5 Å². The van der Waals surface area contributed by atoms with Gasteiger partial charge in [-0.1, -0.05) is 12.1 Å². The average molecular weight is 275 g/mol. The first-order valence-electron chi connectivity index (χ1n) is 6.01. The van der Waals surface area contributed by atoms with Crippen molar-refractivity contribution in [1.29, 1.82) is 0 Å². The summed E-state index contributed by atoms with van der Waals surface area (Å²) in [5.74, 6) is 1.21. The van der Waals surface area contributed by atoms with Crippen molar-refractivity contribution in [2.24, 2.45) is 10.7 Å². The van der Waals surface area contributed by atoms with Crippen molar-refractivity contribution in [2.45, 2.75) is 6.42 Å². The van der Waals surface area contributed by atoms with Crippen molar-refractivity contribution >= 4 is 23.0 Å². The number of aliphatic imine (C=N–C) groups is 1. The smallest absolute Gasteiger partial charge is 0.193 e. The molecule has 0 amide bonds. The lowest BCUT2D eigenvalue weighted by Gasteiger charge is -2.07. The molecule has 0 saturated heterocycles. The summed E-state index contributed by atoms with van der Waals surface area (Å²) < 4.78 is 5.15. The number of nitrogens with zero attached hydrogens (tertiary/aromatic N) is 1. The number of guanidine groups is 1. The Morgan fingerprint density at radius 3 is 3.00 bits per heavy atom. The highest BCUT2D eigenvalue weighted by Crippen LogP contribution is 2.16. The van der Waals surface area contributed by atoms with E-state index in [0.717, 1.165) is 17.9 Å². The molecule has 100 valence electrons. The number of rotatable bonds is 5. The molecule has 1 aromatic carbocycles. The number of hydrogen-bond acceptors (Lipinski definition) is 3. The highest BCUT2D eigenvalue weighted by atomic mass is 32.1. The van der Waals surface area contributed by atoms with Crippen LogP contribution in [-0.2, 0) is 6.42 Å². The summed E-state index contributed by atoms with van der Waals surface area (Å²) in [6.45, 7) is 0.684. The second-order valence-corrected chi connectivity index (χ2v) is 4.99. The standard InChI is InChI=1S/C14H17N3OS/c1-18-12-5-2-4-11(10-12)17-14(15)16-8-7-13-6-3-9-19-13/h2-6,9-10H,7-8H2,1H3,(H3,15,16,17). The van der Waals surface area contributed by atoms with Crippen LogP contribution in [0.3, 0.4) is 0 Å². The van der Waals surface area contributed by atoms with E-state index in [0.29, 0.717) is 12.5 Å². The Hall–Kier alpha value is -2.01. The van der Waals surface area contributed by atoms with Crippen LogP contribution in [0.25, 0.3) is 0 Å². The van der Waals surface area contributed by atoms with Gasteiger partial charge in [0, 0.05) is 29.6 Å². The van der Waals surface area contributed by atoms with Gasteiger partial charge in [-0.15, -0.1) is 11.3 Å². The molecule has 0 unspecified atom stereocenters. The first kappa shape index (κ1) is 13.4. The van der Waals surface area contributed by atoms with Crippen LogP contribution >= 0.6 is 11.3 Å². The van der Waals surface area contributed by atoms with Gasteiger partial charge in [0.15, 0.2) is 5.96 Å². The molecule has 0 aliphatic heterocycles. The summed E-state index contributed by atoms with van der Waals surface area (Å²) in [5, 5.41) is 5.11. The fraction of sp³-hybridized carbons (Fsp3) is 0.214. The lowest BCUT2D eigenvalue weighted by Crippen LogP contribution is -2.23. The number of ether oxygens (including phenoxy) is 1. The van der Waals surface area contributed by atoms with Crippen LogP contribution in [0.1, 0.15) is 4.88 Å². The Morgan fingerprint density at radius 2 is 2.26 bits per heavy atom. The lowest BCUT2D eigenvalue weighted by atomic mass is 10.3. The highest BCUT2D eigenvalue weighted by molar-refractivity contribution is 7.09. The molecule has 0 spiro atoms. The van der Waals surface area contributed by atoms with Crippen molar-refractivity contribution in [2.75, 3.05) is 19.0 Å². The van der Waals surface area contributed by atoms with Gasteiger partial charge in [0.1, 0.15) is 5.75 Å². The fourth-order valence-corrected chi connectivity index (χ4v) is 2.33. The maximum Gasteiger partial charge on any atom is 0.193 e. The Bertz CT molecular complexity index is 537. The van der Waals surface area contributed by atoms with Crippen molar-refractivity contribution in [1.82, 2.24) is 0 Å². The summed E-state index contributed by atoms with van der Waals surface area (Å²) in [6.07, 6.45) is 0.915. The number of nitrogens with one attached hydrogen (secondary N) is 1. The average Bonchev–Trinajstić information content (AvgIpc) is 2.92. The van der Waals surface area contributed by atoms with Crippen LogP contribution in [0.15, 0.2) is 46.8 Å². The van der Waals surface area contributed by atoms with E-state index in [-0.39, 0.29) is 0 Å². The van der Waals surface area contributed by atoms with Gasteiger partial charge in [-0.05, 0) is 23.6 Å². The van der Waals surface area contributed by atoms with E-state index in [2.05, 4.69) is 21.8 Å². The number of thiophene rings is 1. The Labute approximate surface area is 116 Å². The van der Waals surface area contributed by atoms with E-state index >= 15 is 0 Å². The molecule has 1 heterocycles. The number of benzene rings is 1. The second kappa shape index (κ2) is 6.80. The molecule has 0 bridgehead atoms. The molecule has 0 saturated carbocycles. The van der Waals surface area contributed by atoms with E-state index in [1.54, 1.807) is 18.4 Å². The monoisotopic (exact) mass is 275 g/mol. The zero-order valence-corrected chi connectivity index (χ0v) is 11.6. The van der Waals surface area contributed by atoms with Crippen LogP contribution in [0.5, 0.6) is 5.75 Å². The molecule has 4 nitrogen and oxygen atoms in total. The van der Waals surface area contributed by atoms with Gasteiger partial charge >= 0.3 is 0 Å². The summed E-state index contributed by atoms with van der Waals surface area (Å²) in [7, 11) is 1.64. The largest absolute Gasteiger partial charge is 0.497 e. The van der Waals surface area contributed by atoms with Gasteiger partial charge in [-0.3, -0.25) is 4.99 Å². The first-order valence-corrected chi connectivity index (χ1v) is 6.89. The first-order chi connectivity index (χ1) is 9.28. The number of methoxy groups -OCH3 is 1. The highest BCUT2D eigenvalue weighted by Gasteiger charge is 1.98. The molecule has 5 heteroatoms. The van der Waals surface area contributed by atoms with Gasteiger partial charge in [0.25, 0.3) is 0 Å². The summed E-state index contributed by atoms with van der Waals surface area (Å²) in [4.78, 5) is 5.62. The van der Waals surface area contributed by atoms with Crippen LogP contribution in [0, 0.1) is 0 Å².